The van der Waals surface area contributed by atoms with Crippen LogP contribution in [0.5, 0.6) is 0 Å². The number of amides is 2. The highest BCUT2D eigenvalue weighted by molar-refractivity contribution is 5.87. The summed E-state index contributed by atoms with van der Waals surface area (Å²) in [6.07, 6.45) is 0.730. The van der Waals surface area contributed by atoms with Crippen LogP contribution >= 0.6 is 0 Å². The number of rotatable bonds is 5. The van der Waals surface area contributed by atoms with Crippen molar-refractivity contribution in [1.82, 2.24) is 29.9 Å². The quantitative estimate of drug-likeness (QED) is 0.721. The predicted octanol–water partition coefficient (Wildman–Crippen LogP) is 2.64. The van der Waals surface area contributed by atoms with Crippen LogP contribution < -0.4 is 10.6 Å². The van der Waals surface area contributed by atoms with E-state index in [0.717, 1.165) is 34.9 Å². The first kappa shape index (κ1) is 18.6. The highest BCUT2D eigenvalue weighted by Crippen LogP contribution is 2.18. The van der Waals surface area contributed by atoms with E-state index in [0.29, 0.717) is 6.54 Å². The Morgan fingerprint density at radius 3 is 2.52 bits per heavy atom. The lowest BCUT2D eigenvalue weighted by Gasteiger charge is -2.07. The highest BCUT2D eigenvalue weighted by atomic mass is 19.1. The summed E-state index contributed by atoms with van der Waals surface area (Å²) in [5.41, 5.74) is 3.33. The Bertz CT molecular complexity index is 959. The monoisotopic (exact) mass is 371 g/mol. The van der Waals surface area contributed by atoms with Crippen molar-refractivity contribution in [1.29, 1.82) is 0 Å². The van der Waals surface area contributed by atoms with Gasteiger partial charge in [-0.15, -0.1) is 5.10 Å². The van der Waals surface area contributed by atoms with Crippen molar-refractivity contribution >= 4 is 12.0 Å². The molecule has 3 aromatic rings. The number of nitrogens with one attached hydrogen (secondary N) is 2. The van der Waals surface area contributed by atoms with Gasteiger partial charge in [0, 0.05) is 31.3 Å². The molecule has 27 heavy (non-hydrogen) atoms. The largest absolute Gasteiger partial charge is 0.334 e. The van der Waals surface area contributed by atoms with Crippen LogP contribution in [0.3, 0.4) is 0 Å². The van der Waals surface area contributed by atoms with Crippen molar-refractivity contribution in [3.05, 3.63) is 52.9 Å². The SMILES string of the molecule is CCc1nc(NC(=O)NCc2c(C)nn(-c3ccc(F)cc3)c2C)nn1C. The molecule has 0 atom stereocenters. The van der Waals surface area contributed by atoms with E-state index in [9.17, 15) is 9.18 Å². The van der Waals surface area contributed by atoms with Crippen LogP contribution in [0.15, 0.2) is 24.3 Å². The van der Waals surface area contributed by atoms with E-state index < -0.39 is 6.03 Å². The van der Waals surface area contributed by atoms with Crippen LogP contribution in [0, 0.1) is 19.7 Å². The summed E-state index contributed by atoms with van der Waals surface area (Å²) in [6, 6.07) is 5.72. The van der Waals surface area contributed by atoms with Gasteiger partial charge in [0.1, 0.15) is 11.6 Å². The van der Waals surface area contributed by atoms with Gasteiger partial charge in [-0.3, -0.25) is 10.00 Å². The molecule has 142 valence electrons. The second-order valence-electron chi connectivity index (χ2n) is 6.17. The van der Waals surface area contributed by atoms with Gasteiger partial charge in [0.2, 0.25) is 5.95 Å². The Balaban J connectivity index is 1.68. The summed E-state index contributed by atoms with van der Waals surface area (Å²) < 4.78 is 16.5. The van der Waals surface area contributed by atoms with Gasteiger partial charge < -0.3 is 5.32 Å². The Hall–Kier alpha value is -3.23. The number of carbonyl (C=O) groups is 1. The minimum absolute atomic E-state index is 0.266. The first-order valence-corrected chi connectivity index (χ1v) is 8.64. The number of benzene rings is 1. The van der Waals surface area contributed by atoms with Crippen molar-refractivity contribution in [2.45, 2.75) is 33.7 Å². The number of halogens is 1. The maximum atomic E-state index is 13.1. The van der Waals surface area contributed by atoms with E-state index >= 15 is 0 Å². The molecule has 0 unspecified atom stereocenters. The molecular formula is C18H22FN7O. The van der Waals surface area contributed by atoms with Gasteiger partial charge in [0.15, 0.2) is 0 Å². The molecule has 0 radical (unpaired) electrons. The fourth-order valence-corrected chi connectivity index (χ4v) is 2.86. The Labute approximate surface area is 156 Å². The number of aryl methyl sites for hydroxylation is 3. The number of aromatic nitrogens is 5. The van der Waals surface area contributed by atoms with E-state index in [1.165, 1.54) is 12.1 Å². The molecule has 2 amide bonds. The molecule has 3 rings (SSSR count). The average Bonchev–Trinajstić information content (AvgIpc) is 3.12. The summed E-state index contributed by atoms with van der Waals surface area (Å²) in [6.45, 7) is 6.05. The van der Waals surface area contributed by atoms with Gasteiger partial charge in [-0.25, -0.2) is 13.9 Å². The molecule has 0 bridgehead atoms. The highest BCUT2D eigenvalue weighted by Gasteiger charge is 2.15. The molecule has 1 aromatic carbocycles. The zero-order valence-electron chi connectivity index (χ0n) is 15.7. The van der Waals surface area contributed by atoms with Crippen LogP contribution in [0.4, 0.5) is 15.1 Å². The van der Waals surface area contributed by atoms with E-state index in [-0.39, 0.29) is 11.8 Å². The van der Waals surface area contributed by atoms with Gasteiger partial charge in [-0.05, 0) is 38.1 Å². The van der Waals surface area contributed by atoms with Gasteiger partial charge in [0.25, 0.3) is 0 Å². The van der Waals surface area contributed by atoms with Crippen molar-refractivity contribution in [3.8, 4) is 5.69 Å². The van der Waals surface area contributed by atoms with Gasteiger partial charge in [0.05, 0.1) is 11.4 Å². The Morgan fingerprint density at radius 1 is 1.19 bits per heavy atom. The van der Waals surface area contributed by atoms with Gasteiger partial charge >= 0.3 is 6.03 Å². The van der Waals surface area contributed by atoms with E-state index in [1.54, 1.807) is 28.5 Å². The molecule has 0 aliphatic carbocycles. The third-order valence-electron chi connectivity index (χ3n) is 4.33. The van der Waals surface area contributed by atoms with Gasteiger partial charge in [-0.2, -0.15) is 10.1 Å². The third-order valence-corrected chi connectivity index (χ3v) is 4.33. The zero-order valence-corrected chi connectivity index (χ0v) is 15.7. The number of nitrogens with zero attached hydrogens (tertiary/aromatic N) is 5. The van der Waals surface area contributed by atoms with Crippen LogP contribution in [0.2, 0.25) is 0 Å². The first-order valence-electron chi connectivity index (χ1n) is 8.64. The molecule has 0 saturated heterocycles. The van der Waals surface area contributed by atoms with Crippen molar-refractivity contribution in [2.75, 3.05) is 5.32 Å². The molecule has 9 heteroatoms. The number of anilines is 1. The number of hydrogen-bond acceptors (Lipinski definition) is 4. The average molecular weight is 371 g/mol. The second kappa shape index (κ2) is 7.56. The maximum Gasteiger partial charge on any atom is 0.321 e. The molecule has 0 aliphatic rings. The van der Waals surface area contributed by atoms with Crippen LogP contribution in [0.1, 0.15) is 29.7 Å². The lowest BCUT2D eigenvalue weighted by molar-refractivity contribution is 0.251. The smallest absolute Gasteiger partial charge is 0.321 e. The fourth-order valence-electron chi connectivity index (χ4n) is 2.86. The molecule has 0 spiro atoms. The van der Waals surface area contributed by atoms with Crippen LogP contribution in [-0.2, 0) is 20.0 Å². The standard InChI is InChI=1S/C18H22FN7O/c1-5-16-21-17(24-25(16)4)22-18(27)20-10-15-11(2)23-26(12(15)3)14-8-6-13(19)7-9-14/h6-9H,5,10H2,1-4H3,(H2,20,22,24,27). The van der Waals surface area contributed by atoms with Crippen molar-refractivity contribution < 1.29 is 9.18 Å². The fraction of sp³-hybridized carbons (Fsp3) is 0.333. The predicted molar refractivity (Wildman–Crippen MR) is 99.2 cm³/mol. The van der Waals surface area contributed by atoms with E-state index in [1.807, 2.05) is 20.8 Å². The second-order valence-corrected chi connectivity index (χ2v) is 6.17. The lowest BCUT2D eigenvalue weighted by Crippen LogP contribution is -2.29. The molecule has 0 fully saturated rings. The molecular weight excluding hydrogens is 349 g/mol. The lowest BCUT2D eigenvalue weighted by atomic mass is 10.2. The molecule has 0 saturated carbocycles. The number of carbonyl (C=O) groups excluding carboxylic acids is 1. The number of urea groups is 1. The van der Waals surface area contributed by atoms with E-state index in [4.69, 9.17) is 0 Å². The zero-order chi connectivity index (χ0) is 19.6. The molecule has 2 aromatic heterocycles. The van der Waals surface area contributed by atoms with Crippen molar-refractivity contribution in [3.63, 3.8) is 0 Å². The molecule has 0 aliphatic heterocycles. The Kier molecular flexibility index (Phi) is 5.20. The minimum Gasteiger partial charge on any atom is -0.334 e. The summed E-state index contributed by atoms with van der Waals surface area (Å²) in [7, 11) is 1.78. The van der Waals surface area contributed by atoms with Crippen LogP contribution in [-0.4, -0.2) is 30.6 Å². The topological polar surface area (TPSA) is 89.7 Å². The maximum absolute atomic E-state index is 13.1. The summed E-state index contributed by atoms with van der Waals surface area (Å²) >= 11 is 0. The van der Waals surface area contributed by atoms with E-state index in [2.05, 4.69) is 25.8 Å². The first-order chi connectivity index (χ1) is 12.9. The summed E-state index contributed by atoms with van der Waals surface area (Å²) in [5.74, 6) is 0.757. The van der Waals surface area contributed by atoms with Gasteiger partial charge in [-0.1, -0.05) is 6.92 Å². The summed E-state index contributed by atoms with van der Waals surface area (Å²) in [4.78, 5) is 16.4. The van der Waals surface area contributed by atoms with Crippen molar-refractivity contribution in [2.24, 2.45) is 7.05 Å². The summed E-state index contributed by atoms with van der Waals surface area (Å²) in [5, 5.41) is 14.1. The molecule has 2 heterocycles. The molecule has 8 nitrogen and oxygen atoms in total. The Morgan fingerprint density at radius 2 is 1.89 bits per heavy atom. The minimum atomic E-state index is -0.392. The number of hydrogen-bond donors (Lipinski definition) is 2. The molecule has 2 N–H and O–H groups in total. The third kappa shape index (κ3) is 3.97. The van der Waals surface area contributed by atoms with Crippen LogP contribution in [0.25, 0.3) is 5.69 Å². The normalized spacial score (nSPS) is 10.9.